The van der Waals surface area contributed by atoms with Crippen molar-refractivity contribution in [1.29, 1.82) is 0 Å². The molecule has 2 heterocycles. The van der Waals surface area contributed by atoms with Crippen LogP contribution in [0.1, 0.15) is 34.7 Å². The fraction of sp³-hybridized carbons (Fsp3) is 0.240. The average Bonchev–Trinajstić information content (AvgIpc) is 3.35. The number of hydrogen-bond donors (Lipinski definition) is 1. The predicted octanol–water partition coefficient (Wildman–Crippen LogP) is 4.01. The summed E-state index contributed by atoms with van der Waals surface area (Å²) in [6.45, 7) is 5.05. The average molecular weight is 415 g/mol. The van der Waals surface area contributed by atoms with Crippen LogP contribution in [0.3, 0.4) is 0 Å². The van der Waals surface area contributed by atoms with E-state index in [1.165, 1.54) is 0 Å². The summed E-state index contributed by atoms with van der Waals surface area (Å²) in [5, 5.41) is 11.0. The van der Waals surface area contributed by atoms with Crippen LogP contribution >= 0.6 is 0 Å². The van der Waals surface area contributed by atoms with Gasteiger partial charge in [-0.15, -0.1) is 0 Å². The Hall–Kier alpha value is -3.67. The highest BCUT2D eigenvalue weighted by molar-refractivity contribution is 6.46. The monoisotopic (exact) mass is 415 g/mol. The smallest absolute Gasteiger partial charge is 0.295 e. The molecule has 6 heteroatoms. The third-order valence-electron chi connectivity index (χ3n) is 5.52. The number of Topliss-reactive ketones (excluding diaryl/α,β-unsaturated/α-hetero) is 1. The number of amides is 1. The number of ketones is 1. The summed E-state index contributed by atoms with van der Waals surface area (Å²) in [5.74, 6) is -1.36. The molecular formula is C25H25N3O3. The van der Waals surface area contributed by atoms with Gasteiger partial charge < -0.3 is 14.6 Å². The number of likely N-dealkylation sites (tertiary alicyclic amines) is 1. The number of hydrogen-bond acceptors (Lipinski definition) is 4. The Labute approximate surface area is 181 Å². The molecule has 4 rings (SSSR count). The van der Waals surface area contributed by atoms with Gasteiger partial charge in [-0.3, -0.25) is 9.59 Å². The van der Waals surface area contributed by atoms with Crippen LogP contribution in [0.25, 0.3) is 5.76 Å². The minimum absolute atomic E-state index is 0.139. The molecular weight excluding hydrogens is 390 g/mol. The first-order valence-electron chi connectivity index (χ1n) is 10.3. The number of benzene rings is 2. The van der Waals surface area contributed by atoms with Crippen LogP contribution in [0.4, 0.5) is 0 Å². The number of aromatic nitrogens is 2. The van der Waals surface area contributed by atoms with Gasteiger partial charge in [-0.1, -0.05) is 59.7 Å². The van der Waals surface area contributed by atoms with Gasteiger partial charge in [0.05, 0.1) is 17.9 Å². The molecule has 1 aliphatic heterocycles. The van der Waals surface area contributed by atoms with E-state index in [1.54, 1.807) is 41.7 Å². The lowest BCUT2D eigenvalue weighted by Crippen LogP contribution is -2.31. The molecule has 0 bridgehead atoms. The number of aryl methyl sites for hydroxylation is 3. The maximum atomic E-state index is 13.1. The molecule has 1 atom stereocenters. The van der Waals surface area contributed by atoms with E-state index in [4.69, 9.17) is 0 Å². The Morgan fingerprint density at radius 3 is 2.39 bits per heavy atom. The van der Waals surface area contributed by atoms with Crippen LogP contribution in [0.2, 0.25) is 0 Å². The third kappa shape index (κ3) is 4.14. The van der Waals surface area contributed by atoms with E-state index in [9.17, 15) is 14.7 Å². The largest absolute Gasteiger partial charge is 0.507 e. The molecule has 0 radical (unpaired) electrons. The fourth-order valence-corrected chi connectivity index (χ4v) is 4.22. The summed E-state index contributed by atoms with van der Waals surface area (Å²) >= 11 is 0. The van der Waals surface area contributed by atoms with Crippen LogP contribution in [-0.2, 0) is 16.1 Å². The van der Waals surface area contributed by atoms with Crippen LogP contribution in [0, 0.1) is 13.8 Å². The van der Waals surface area contributed by atoms with Gasteiger partial charge in [0.2, 0.25) is 0 Å². The molecule has 1 N–H and O–H groups in total. The van der Waals surface area contributed by atoms with Gasteiger partial charge in [-0.25, -0.2) is 4.98 Å². The first kappa shape index (κ1) is 20.6. The summed E-state index contributed by atoms with van der Waals surface area (Å²) < 4.78 is 1.94. The van der Waals surface area contributed by atoms with Crippen molar-refractivity contribution in [1.82, 2.24) is 14.5 Å². The van der Waals surface area contributed by atoms with Gasteiger partial charge in [0.1, 0.15) is 5.76 Å². The summed E-state index contributed by atoms with van der Waals surface area (Å²) in [6, 6.07) is 14.3. The third-order valence-corrected chi connectivity index (χ3v) is 5.52. The van der Waals surface area contributed by atoms with Crippen LogP contribution < -0.4 is 0 Å². The van der Waals surface area contributed by atoms with Crippen molar-refractivity contribution in [2.45, 2.75) is 32.9 Å². The van der Waals surface area contributed by atoms with Crippen LogP contribution in [0.15, 0.2) is 72.8 Å². The molecule has 0 aliphatic carbocycles. The van der Waals surface area contributed by atoms with Crippen molar-refractivity contribution in [3.8, 4) is 0 Å². The van der Waals surface area contributed by atoms with E-state index >= 15 is 0 Å². The second-order valence-electron chi connectivity index (χ2n) is 7.93. The second-order valence-corrected chi connectivity index (χ2v) is 7.93. The highest BCUT2D eigenvalue weighted by Gasteiger charge is 2.45. The molecule has 1 fully saturated rings. The number of aliphatic hydroxyl groups is 1. The number of aliphatic hydroxyl groups excluding tert-OH is 1. The molecule has 0 saturated carbocycles. The first-order chi connectivity index (χ1) is 15.0. The van der Waals surface area contributed by atoms with Crippen molar-refractivity contribution in [3.63, 3.8) is 0 Å². The normalized spacial score (nSPS) is 18.0. The van der Waals surface area contributed by atoms with Gasteiger partial charge >= 0.3 is 0 Å². The molecule has 1 aromatic heterocycles. The van der Waals surface area contributed by atoms with Crippen molar-refractivity contribution >= 4 is 17.4 Å². The minimum atomic E-state index is -0.645. The molecule has 31 heavy (non-hydrogen) atoms. The van der Waals surface area contributed by atoms with Crippen molar-refractivity contribution in [3.05, 3.63) is 95.1 Å². The molecule has 158 valence electrons. The van der Waals surface area contributed by atoms with E-state index in [0.717, 1.165) is 16.7 Å². The number of nitrogens with zero attached hydrogens (tertiary/aromatic N) is 3. The van der Waals surface area contributed by atoms with Gasteiger partial charge in [-0.2, -0.15) is 0 Å². The Morgan fingerprint density at radius 2 is 1.74 bits per heavy atom. The van der Waals surface area contributed by atoms with Gasteiger partial charge in [0.15, 0.2) is 0 Å². The van der Waals surface area contributed by atoms with E-state index < -0.39 is 17.7 Å². The highest BCUT2D eigenvalue weighted by atomic mass is 16.3. The maximum absolute atomic E-state index is 13.1. The Morgan fingerprint density at radius 1 is 1.03 bits per heavy atom. The minimum Gasteiger partial charge on any atom is -0.507 e. The Balaban J connectivity index is 1.76. The lowest BCUT2D eigenvalue weighted by Gasteiger charge is -2.26. The number of carbonyl (C=O) groups is 2. The van der Waals surface area contributed by atoms with Gasteiger partial charge in [0.25, 0.3) is 11.7 Å². The van der Waals surface area contributed by atoms with Crippen LogP contribution in [-0.4, -0.2) is 37.8 Å². The van der Waals surface area contributed by atoms with E-state index in [0.29, 0.717) is 25.1 Å². The number of imidazole rings is 1. The first-order valence-corrected chi connectivity index (χ1v) is 10.3. The molecule has 2 aromatic carbocycles. The summed E-state index contributed by atoms with van der Waals surface area (Å²) in [4.78, 5) is 31.7. The number of carbonyl (C=O) groups excluding carboxylic acids is 2. The molecule has 3 aromatic rings. The fourth-order valence-electron chi connectivity index (χ4n) is 4.22. The van der Waals surface area contributed by atoms with E-state index in [1.807, 2.05) is 48.9 Å². The molecule has 1 unspecified atom stereocenters. The molecule has 1 aliphatic rings. The topological polar surface area (TPSA) is 75.4 Å². The summed E-state index contributed by atoms with van der Waals surface area (Å²) in [5.41, 5.74) is 3.58. The van der Waals surface area contributed by atoms with Crippen molar-refractivity contribution in [2.24, 2.45) is 0 Å². The Kier molecular flexibility index (Phi) is 5.71. The SMILES string of the molecule is Cc1cc(C)cc(C2/C(=C(/O)c3ccccc3)C(=O)C(=O)N2CCCn2ccnc2)c1. The standard InChI is InChI=1S/C25H25N3O3/c1-17-13-18(2)15-20(14-17)22-21(23(29)19-7-4-3-5-8-19)24(30)25(31)28(22)11-6-10-27-12-9-26-16-27/h3-5,7-9,12-16,22,29H,6,10-11H2,1-2H3/b23-21-. The van der Waals surface area contributed by atoms with Gasteiger partial charge in [-0.05, 0) is 25.8 Å². The lowest BCUT2D eigenvalue weighted by molar-refractivity contribution is -0.139. The lowest BCUT2D eigenvalue weighted by atomic mass is 9.93. The molecule has 0 spiro atoms. The van der Waals surface area contributed by atoms with E-state index in [-0.39, 0.29) is 11.3 Å². The zero-order valence-corrected chi connectivity index (χ0v) is 17.7. The van der Waals surface area contributed by atoms with Crippen LogP contribution in [0.5, 0.6) is 0 Å². The zero-order valence-electron chi connectivity index (χ0n) is 17.7. The highest BCUT2D eigenvalue weighted by Crippen LogP contribution is 2.40. The Bertz CT molecular complexity index is 1110. The van der Waals surface area contributed by atoms with E-state index in [2.05, 4.69) is 4.98 Å². The maximum Gasteiger partial charge on any atom is 0.295 e. The predicted molar refractivity (Wildman–Crippen MR) is 118 cm³/mol. The number of rotatable bonds is 6. The summed E-state index contributed by atoms with van der Waals surface area (Å²) in [6.07, 6.45) is 5.97. The molecule has 6 nitrogen and oxygen atoms in total. The van der Waals surface area contributed by atoms with Crippen molar-refractivity contribution < 1.29 is 14.7 Å². The zero-order chi connectivity index (χ0) is 22.0. The molecule has 1 saturated heterocycles. The quantitative estimate of drug-likeness (QED) is 0.375. The van der Waals surface area contributed by atoms with Gasteiger partial charge in [0, 0.05) is 31.0 Å². The molecule has 1 amide bonds. The summed E-state index contributed by atoms with van der Waals surface area (Å²) in [7, 11) is 0. The second kappa shape index (κ2) is 8.60. The van der Waals surface area contributed by atoms with Crippen molar-refractivity contribution in [2.75, 3.05) is 6.54 Å².